The molecule has 0 radical (unpaired) electrons. The van der Waals surface area contributed by atoms with Crippen LogP contribution >= 0.6 is 11.6 Å². The molecule has 1 atom stereocenters. The maximum absolute atomic E-state index is 13.8. The van der Waals surface area contributed by atoms with Crippen LogP contribution < -0.4 is 5.32 Å². The quantitative estimate of drug-likeness (QED) is 0.538. The van der Waals surface area contributed by atoms with Crippen molar-refractivity contribution in [1.82, 2.24) is 14.9 Å². The Labute approximate surface area is 165 Å². The predicted molar refractivity (Wildman–Crippen MR) is 105 cm³/mol. The third-order valence-corrected chi connectivity index (χ3v) is 4.99. The number of nitrogens with one attached hydrogen (secondary N) is 1. The van der Waals surface area contributed by atoms with Gasteiger partial charge in [0.2, 0.25) is 0 Å². The van der Waals surface area contributed by atoms with Gasteiger partial charge in [-0.25, -0.2) is 9.37 Å². The summed E-state index contributed by atoms with van der Waals surface area (Å²) < 4.78 is 21.3. The number of aryl methyl sites for hydroxylation is 2. The summed E-state index contributed by atoms with van der Waals surface area (Å²) in [6.45, 7) is 1.80. The number of nitrogens with zero attached hydrogens (tertiary/aromatic N) is 2. The number of imidazole rings is 1. The van der Waals surface area contributed by atoms with E-state index >= 15 is 0 Å². The maximum atomic E-state index is 13.8. The number of furan rings is 1. The Morgan fingerprint density at radius 2 is 2.07 bits per heavy atom. The number of carbonyl (C=O) groups is 1. The topological polar surface area (TPSA) is 60.1 Å². The Hall–Kier alpha value is -3.12. The third kappa shape index (κ3) is 3.16. The first-order chi connectivity index (χ1) is 13.5. The van der Waals surface area contributed by atoms with E-state index in [0.29, 0.717) is 27.6 Å². The molecule has 0 spiro atoms. The number of para-hydroxylation sites is 1. The molecule has 0 unspecified atom stereocenters. The van der Waals surface area contributed by atoms with E-state index in [1.807, 2.05) is 13.1 Å². The molecule has 1 amide bonds. The molecule has 2 aromatic carbocycles. The van der Waals surface area contributed by atoms with E-state index in [0.717, 1.165) is 5.39 Å². The molecular weight excluding hydrogens is 381 g/mol. The molecule has 0 saturated carbocycles. The first-order valence-electron chi connectivity index (χ1n) is 8.67. The van der Waals surface area contributed by atoms with Gasteiger partial charge >= 0.3 is 0 Å². The summed E-state index contributed by atoms with van der Waals surface area (Å²) in [6.07, 6.45) is 3.39. The Morgan fingerprint density at radius 3 is 2.75 bits per heavy atom. The summed E-state index contributed by atoms with van der Waals surface area (Å²) in [6, 6.07) is 10.8. The molecule has 0 saturated heterocycles. The summed E-state index contributed by atoms with van der Waals surface area (Å²) >= 11 is 6.19. The van der Waals surface area contributed by atoms with E-state index in [-0.39, 0.29) is 5.76 Å². The van der Waals surface area contributed by atoms with Gasteiger partial charge in [0.05, 0.1) is 5.02 Å². The molecule has 142 valence electrons. The summed E-state index contributed by atoms with van der Waals surface area (Å²) in [5.74, 6) is -0.0795. The molecule has 1 N–H and O–H groups in total. The van der Waals surface area contributed by atoms with Gasteiger partial charge < -0.3 is 14.3 Å². The Morgan fingerprint density at radius 1 is 1.29 bits per heavy atom. The van der Waals surface area contributed by atoms with Crippen LogP contribution in [0.3, 0.4) is 0 Å². The molecule has 5 nitrogen and oxygen atoms in total. The molecule has 0 fully saturated rings. The maximum Gasteiger partial charge on any atom is 0.288 e. The SMILES string of the molecule is Cc1c(C(=O)N[C@@H](c2cccc(F)c2)c2nccn2C)oc2c(Cl)cccc12. The number of fused-ring (bicyclic) bond motifs is 1. The first kappa shape index (κ1) is 18.3. The molecular formula is C21H17ClFN3O2. The zero-order chi connectivity index (χ0) is 19.8. The van der Waals surface area contributed by atoms with Gasteiger partial charge in [-0.3, -0.25) is 4.79 Å². The van der Waals surface area contributed by atoms with Gasteiger partial charge in [0, 0.05) is 30.4 Å². The third-order valence-electron chi connectivity index (χ3n) is 4.70. The molecule has 2 heterocycles. The van der Waals surface area contributed by atoms with Crippen LogP contribution in [0.25, 0.3) is 11.0 Å². The molecule has 4 aromatic rings. The highest BCUT2D eigenvalue weighted by molar-refractivity contribution is 6.35. The summed E-state index contributed by atoms with van der Waals surface area (Å²) in [5.41, 5.74) is 1.73. The van der Waals surface area contributed by atoms with E-state index in [9.17, 15) is 9.18 Å². The highest BCUT2D eigenvalue weighted by atomic mass is 35.5. The van der Waals surface area contributed by atoms with Gasteiger partial charge in [0.25, 0.3) is 5.91 Å². The second-order valence-corrected chi connectivity index (χ2v) is 6.94. The largest absolute Gasteiger partial charge is 0.449 e. The van der Waals surface area contributed by atoms with Crippen LogP contribution in [0.15, 0.2) is 59.3 Å². The Bertz CT molecular complexity index is 1180. The van der Waals surface area contributed by atoms with Crippen LogP contribution in [0.2, 0.25) is 5.02 Å². The lowest BCUT2D eigenvalue weighted by Gasteiger charge is -2.19. The van der Waals surface area contributed by atoms with Crippen LogP contribution in [-0.4, -0.2) is 15.5 Å². The van der Waals surface area contributed by atoms with Gasteiger partial charge in [-0.15, -0.1) is 0 Å². The molecule has 0 aliphatic rings. The van der Waals surface area contributed by atoms with Gasteiger partial charge in [-0.05, 0) is 30.7 Å². The van der Waals surface area contributed by atoms with Crippen molar-refractivity contribution >= 4 is 28.5 Å². The molecule has 7 heteroatoms. The summed E-state index contributed by atoms with van der Waals surface area (Å²) in [4.78, 5) is 17.4. The minimum atomic E-state index is -0.647. The number of carbonyl (C=O) groups excluding carboxylic acids is 1. The van der Waals surface area contributed by atoms with Crippen molar-refractivity contribution < 1.29 is 13.6 Å². The van der Waals surface area contributed by atoms with Crippen molar-refractivity contribution in [2.45, 2.75) is 13.0 Å². The second kappa shape index (κ2) is 7.13. The molecule has 0 aliphatic heterocycles. The van der Waals surface area contributed by atoms with Crippen LogP contribution in [0, 0.1) is 12.7 Å². The van der Waals surface area contributed by atoms with Crippen molar-refractivity contribution in [3.63, 3.8) is 0 Å². The lowest BCUT2D eigenvalue weighted by Crippen LogP contribution is -2.31. The number of amides is 1. The second-order valence-electron chi connectivity index (χ2n) is 6.53. The summed E-state index contributed by atoms with van der Waals surface area (Å²) in [7, 11) is 1.81. The highest BCUT2D eigenvalue weighted by Gasteiger charge is 2.25. The average molecular weight is 398 g/mol. The lowest BCUT2D eigenvalue weighted by molar-refractivity contribution is 0.0914. The summed E-state index contributed by atoms with van der Waals surface area (Å²) in [5, 5.41) is 4.13. The van der Waals surface area contributed by atoms with E-state index in [1.54, 1.807) is 48.1 Å². The van der Waals surface area contributed by atoms with Crippen molar-refractivity contribution in [3.8, 4) is 0 Å². The molecule has 28 heavy (non-hydrogen) atoms. The fourth-order valence-electron chi connectivity index (χ4n) is 3.26. The van der Waals surface area contributed by atoms with Crippen LogP contribution in [-0.2, 0) is 7.05 Å². The van der Waals surface area contributed by atoms with Gasteiger partial charge in [0.1, 0.15) is 17.7 Å². The van der Waals surface area contributed by atoms with E-state index in [4.69, 9.17) is 16.0 Å². The monoisotopic (exact) mass is 397 g/mol. The highest BCUT2D eigenvalue weighted by Crippen LogP contribution is 2.31. The smallest absolute Gasteiger partial charge is 0.288 e. The minimum Gasteiger partial charge on any atom is -0.449 e. The number of halogens is 2. The number of benzene rings is 2. The van der Waals surface area contributed by atoms with Gasteiger partial charge in [0.15, 0.2) is 11.3 Å². The molecule has 0 aliphatic carbocycles. The van der Waals surface area contributed by atoms with Crippen LogP contribution in [0.5, 0.6) is 0 Å². The van der Waals surface area contributed by atoms with Crippen molar-refractivity contribution in [3.05, 3.63) is 88.4 Å². The van der Waals surface area contributed by atoms with Gasteiger partial charge in [-0.1, -0.05) is 35.9 Å². The van der Waals surface area contributed by atoms with E-state index < -0.39 is 17.8 Å². The normalized spacial score (nSPS) is 12.3. The predicted octanol–water partition coefficient (Wildman–Crippen LogP) is 4.79. The molecule has 2 aromatic heterocycles. The number of rotatable bonds is 4. The first-order valence-corrected chi connectivity index (χ1v) is 9.04. The Balaban J connectivity index is 1.75. The van der Waals surface area contributed by atoms with Gasteiger partial charge in [-0.2, -0.15) is 0 Å². The van der Waals surface area contributed by atoms with E-state index in [2.05, 4.69) is 10.3 Å². The minimum absolute atomic E-state index is 0.165. The zero-order valence-corrected chi connectivity index (χ0v) is 16.0. The molecule has 0 bridgehead atoms. The Kier molecular flexibility index (Phi) is 4.65. The van der Waals surface area contributed by atoms with Crippen LogP contribution in [0.1, 0.15) is 33.5 Å². The number of hydrogen-bond acceptors (Lipinski definition) is 3. The number of hydrogen-bond donors (Lipinski definition) is 1. The fraction of sp³-hybridized carbons (Fsp3) is 0.143. The van der Waals surface area contributed by atoms with Crippen molar-refractivity contribution in [1.29, 1.82) is 0 Å². The molecule has 4 rings (SSSR count). The zero-order valence-electron chi connectivity index (χ0n) is 15.2. The number of aromatic nitrogens is 2. The standard InChI is InChI=1S/C21H17ClFN3O2/c1-12-15-7-4-8-16(22)19(15)28-18(12)21(27)25-17(20-24-9-10-26(20)2)13-5-3-6-14(23)11-13/h3-11,17H,1-2H3,(H,25,27)/t17-/m0/s1. The lowest BCUT2D eigenvalue weighted by atomic mass is 10.1. The van der Waals surface area contributed by atoms with Crippen molar-refractivity contribution in [2.24, 2.45) is 7.05 Å². The average Bonchev–Trinajstić information content (AvgIpc) is 3.24. The van der Waals surface area contributed by atoms with Crippen LogP contribution in [0.4, 0.5) is 4.39 Å². The van der Waals surface area contributed by atoms with E-state index in [1.165, 1.54) is 12.1 Å². The fourth-order valence-corrected chi connectivity index (χ4v) is 3.47. The van der Waals surface area contributed by atoms with Crippen molar-refractivity contribution in [2.75, 3.05) is 0 Å².